The van der Waals surface area contributed by atoms with Crippen LogP contribution >= 0.6 is 24.0 Å². The van der Waals surface area contributed by atoms with Gasteiger partial charge >= 0.3 is 0 Å². The zero-order valence-corrected chi connectivity index (χ0v) is 16.3. The van der Waals surface area contributed by atoms with Gasteiger partial charge in [0.25, 0.3) is 0 Å². The number of ether oxygens (including phenoxy) is 2. The number of methoxy groups -OCH3 is 1. The van der Waals surface area contributed by atoms with E-state index in [2.05, 4.69) is 17.2 Å². The fourth-order valence-electron chi connectivity index (χ4n) is 1.95. The molecule has 0 fully saturated rings. The van der Waals surface area contributed by atoms with Gasteiger partial charge in [0.15, 0.2) is 5.96 Å². The highest BCUT2D eigenvalue weighted by Crippen LogP contribution is 2.14. The van der Waals surface area contributed by atoms with Gasteiger partial charge in [-0.3, -0.25) is 4.99 Å². The molecule has 0 unspecified atom stereocenters. The zero-order chi connectivity index (χ0) is 16.5. The van der Waals surface area contributed by atoms with Crippen molar-refractivity contribution >= 4 is 35.6 Å². The van der Waals surface area contributed by atoms with E-state index in [9.17, 15) is 0 Å². The van der Waals surface area contributed by atoms with Crippen LogP contribution in [0.15, 0.2) is 53.5 Å². The predicted molar refractivity (Wildman–Crippen MR) is 110 cm³/mol. The number of aryl methyl sites for hydroxylation is 1. The number of aliphatic imine (C=N–C) groups is 1. The highest BCUT2D eigenvalue weighted by atomic mass is 127. The Kier molecular flexibility index (Phi) is 8.99. The summed E-state index contributed by atoms with van der Waals surface area (Å²) in [6.45, 7) is 3.28. The van der Waals surface area contributed by atoms with E-state index >= 15 is 0 Å². The number of hydrogen-bond acceptors (Lipinski definition) is 3. The van der Waals surface area contributed by atoms with Crippen molar-refractivity contribution in [3.8, 4) is 11.5 Å². The molecule has 2 aromatic carbocycles. The molecule has 6 heteroatoms. The largest absolute Gasteiger partial charge is 0.497 e. The molecule has 0 bridgehead atoms. The maximum atomic E-state index is 5.85. The Morgan fingerprint density at radius 1 is 1.04 bits per heavy atom. The molecule has 0 aliphatic heterocycles. The monoisotopic (exact) mass is 441 g/mol. The van der Waals surface area contributed by atoms with Gasteiger partial charge in [-0.2, -0.15) is 0 Å². The summed E-state index contributed by atoms with van der Waals surface area (Å²) < 4.78 is 10.7. The molecule has 0 amide bonds. The van der Waals surface area contributed by atoms with Gasteiger partial charge in [-0.15, -0.1) is 24.0 Å². The number of hydrogen-bond donors (Lipinski definition) is 2. The minimum Gasteiger partial charge on any atom is -0.497 e. The van der Waals surface area contributed by atoms with E-state index < -0.39 is 0 Å². The third kappa shape index (κ3) is 7.08. The Hall–Kier alpha value is -1.96. The molecule has 24 heavy (non-hydrogen) atoms. The van der Waals surface area contributed by atoms with Gasteiger partial charge in [-0.1, -0.05) is 17.7 Å². The topological polar surface area (TPSA) is 68.9 Å². The first kappa shape index (κ1) is 20.1. The van der Waals surface area contributed by atoms with Crippen molar-refractivity contribution in [1.29, 1.82) is 0 Å². The molecule has 0 saturated carbocycles. The van der Waals surface area contributed by atoms with Crippen molar-refractivity contribution in [3.05, 3.63) is 54.1 Å². The van der Waals surface area contributed by atoms with Crippen LogP contribution in [0, 0.1) is 6.92 Å². The van der Waals surface area contributed by atoms with Gasteiger partial charge < -0.3 is 20.5 Å². The van der Waals surface area contributed by atoms with E-state index in [-0.39, 0.29) is 24.0 Å². The zero-order valence-electron chi connectivity index (χ0n) is 14.0. The van der Waals surface area contributed by atoms with Gasteiger partial charge in [-0.05, 0) is 43.3 Å². The number of guanidine groups is 1. The number of nitrogens with two attached hydrogens (primary N) is 1. The Labute approximate surface area is 160 Å². The molecule has 0 aliphatic rings. The molecular formula is C18H24IN3O2. The summed E-state index contributed by atoms with van der Waals surface area (Å²) in [4.78, 5) is 4.28. The van der Waals surface area contributed by atoms with Gasteiger partial charge in [0, 0.05) is 18.7 Å². The summed E-state index contributed by atoms with van der Waals surface area (Å²) in [5, 5.41) is 3.04. The smallest absolute Gasteiger partial charge is 0.193 e. The molecule has 0 heterocycles. The molecule has 130 valence electrons. The van der Waals surface area contributed by atoms with E-state index in [0.717, 1.165) is 23.6 Å². The van der Waals surface area contributed by atoms with Crippen LogP contribution in [-0.4, -0.2) is 26.2 Å². The second-order valence-electron chi connectivity index (χ2n) is 5.14. The molecule has 2 rings (SSSR count). The number of anilines is 1. The molecule has 0 spiro atoms. The van der Waals surface area contributed by atoms with Gasteiger partial charge in [0.2, 0.25) is 0 Å². The fraction of sp³-hybridized carbons (Fsp3) is 0.278. The van der Waals surface area contributed by atoms with Crippen LogP contribution in [0.5, 0.6) is 11.5 Å². The Morgan fingerprint density at radius 3 is 2.29 bits per heavy atom. The van der Waals surface area contributed by atoms with Crippen molar-refractivity contribution < 1.29 is 9.47 Å². The molecule has 3 N–H and O–H groups in total. The number of rotatable bonds is 7. The second-order valence-corrected chi connectivity index (χ2v) is 5.14. The Balaban J connectivity index is 0.00000288. The van der Waals surface area contributed by atoms with Crippen LogP contribution in [0.3, 0.4) is 0 Å². The lowest BCUT2D eigenvalue weighted by Gasteiger charge is -2.07. The summed E-state index contributed by atoms with van der Waals surface area (Å²) in [6, 6.07) is 15.5. The molecule has 0 aromatic heterocycles. The first-order valence-electron chi connectivity index (χ1n) is 7.58. The maximum Gasteiger partial charge on any atom is 0.193 e. The lowest BCUT2D eigenvalue weighted by molar-refractivity contribution is 0.313. The molecule has 5 nitrogen and oxygen atoms in total. The van der Waals surface area contributed by atoms with E-state index in [4.69, 9.17) is 15.2 Å². The van der Waals surface area contributed by atoms with Crippen LogP contribution in [0.4, 0.5) is 5.69 Å². The van der Waals surface area contributed by atoms with Crippen LogP contribution in [-0.2, 0) is 0 Å². The van der Waals surface area contributed by atoms with Crippen LogP contribution < -0.4 is 20.5 Å². The quantitative estimate of drug-likeness (QED) is 0.297. The standard InChI is InChI=1S/C18H23N3O2.HI/c1-14-4-8-17(9-5-14)23-13-3-12-20-18(19)21-15-6-10-16(22-2)11-7-15;/h4-11H,3,12-13H2,1-2H3,(H3,19,20,21);1H. The average Bonchev–Trinajstić information content (AvgIpc) is 2.57. The number of nitrogens with zero attached hydrogens (tertiary/aromatic N) is 1. The van der Waals surface area contributed by atoms with E-state index in [1.165, 1.54) is 5.56 Å². The lowest BCUT2D eigenvalue weighted by Crippen LogP contribution is -2.23. The number of halogens is 1. The van der Waals surface area contributed by atoms with E-state index in [0.29, 0.717) is 19.1 Å². The molecule has 0 aliphatic carbocycles. The minimum absolute atomic E-state index is 0. The maximum absolute atomic E-state index is 5.85. The number of benzene rings is 2. The lowest BCUT2D eigenvalue weighted by atomic mass is 10.2. The Bertz CT molecular complexity index is 628. The summed E-state index contributed by atoms with van der Waals surface area (Å²) >= 11 is 0. The predicted octanol–water partition coefficient (Wildman–Crippen LogP) is 3.82. The minimum atomic E-state index is 0. The summed E-state index contributed by atoms with van der Waals surface area (Å²) in [5.41, 5.74) is 7.95. The summed E-state index contributed by atoms with van der Waals surface area (Å²) in [6.07, 6.45) is 0.804. The van der Waals surface area contributed by atoms with Crippen LogP contribution in [0.2, 0.25) is 0 Å². The third-order valence-corrected chi connectivity index (χ3v) is 3.24. The highest BCUT2D eigenvalue weighted by molar-refractivity contribution is 14.0. The first-order valence-corrected chi connectivity index (χ1v) is 7.58. The first-order chi connectivity index (χ1) is 11.2. The summed E-state index contributed by atoms with van der Waals surface area (Å²) in [5.74, 6) is 2.08. The second kappa shape index (κ2) is 10.7. The van der Waals surface area contributed by atoms with Crippen molar-refractivity contribution in [2.75, 3.05) is 25.6 Å². The molecule has 2 aromatic rings. The normalized spacial score (nSPS) is 10.7. The SMILES string of the molecule is COc1ccc(NC(N)=NCCCOc2ccc(C)cc2)cc1.I. The average molecular weight is 441 g/mol. The molecular weight excluding hydrogens is 417 g/mol. The molecule has 0 atom stereocenters. The molecule has 0 radical (unpaired) electrons. The van der Waals surface area contributed by atoms with E-state index in [1.54, 1.807) is 7.11 Å². The fourth-order valence-corrected chi connectivity index (χ4v) is 1.95. The van der Waals surface area contributed by atoms with E-state index in [1.807, 2.05) is 48.5 Å². The Morgan fingerprint density at radius 2 is 1.67 bits per heavy atom. The van der Waals surface area contributed by atoms with Crippen molar-refractivity contribution in [1.82, 2.24) is 0 Å². The van der Waals surface area contributed by atoms with Gasteiger partial charge in [0.1, 0.15) is 11.5 Å². The van der Waals surface area contributed by atoms with Gasteiger partial charge in [-0.25, -0.2) is 0 Å². The van der Waals surface area contributed by atoms with Crippen LogP contribution in [0.25, 0.3) is 0 Å². The third-order valence-electron chi connectivity index (χ3n) is 3.24. The van der Waals surface area contributed by atoms with Crippen molar-refractivity contribution in [2.45, 2.75) is 13.3 Å². The summed E-state index contributed by atoms with van der Waals surface area (Å²) in [7, 11) is 1.64. The highest BCUT2D eigenvalue weighted by Gasteiger charge is 1.97. The van der Waals surface area contributed by atoms with Crippen LogP contribution in [0.1, 0.15) is 12.0 Å². The van der Waals surface area contributed by atoms with Crippen molar-refractivity contribution in [2.24, 2.45) is 10.7 Å². The molecule has 0 saturated heterocycles. The van der Waals surface area contributed by atoms with Gasteiger partial charge in [0.05, 0.1) is 13.7 Å². The number of nitrogens with one attached hydrogen (secondary N) is 1. The van der Waals surface area contributed by atoms with Crippen molar-refractivity contribution in [3.63, 3.8) is 0 Å².